The van der Waals surface area contributed by atoms with Gasteiger partial charge in [0.1, 0.15) is 5.58 Å². The second-order valence-corrected chi connectivity index (χ2v) is 2.27. The number of hydrogen-bond donors (Lipinski definition) is 0. The van der Waals surface area contributed by atoms with Crippen LogP contribution in [0.2, 0.25) is 0 Å². The number of amidine groups is 1. The average Bonchev–Trinajstić information content (AvgIpc) is 2.10. The summed E-state index contributed by atoms with van der Waals surface area (Å²) in [5.41, 5.74) is 1.04. The van der Waals surface area contributed by atoms with Crippen LogP contribution in [0.3, 0.4) is 0 Å². The van der Waals surface area contributed by atoms with Gasteiger partial charge in [-0.2, -0.15) is 0 Å². The van der Waals surface area contributed by atoms with E-state index in [1.807, 2.05) is 13.8 Å². The largest absolute Gasteiger partial charge is 0.358 e. The molecule has 0 radical (unpaired) electrons. The van der Waals surface area contributed by atoms with E-state index in [1.165, 1.54) is 0 Å². The van der Waals surface area contributed by atoms with E-state index in [4.69, 9.17) is 0 Å². The first-order valence-electron chi connectivity index (χ1n) is 4.23. The molecule has 0 aliphatic carbocycles. The maximum atomic E-state index is 4.04. The van der Waals surface area contributed by atoms with Gasteiger partial charge in [-0.3, -0.25) is 4.99 Å². The van der Waals surface area contributed by atoms with Crippen LogP contribution in [-0.2, 0) is 0 Å². The van der Waals surface area contributed by atoms with Crippen molar-refractivity contribution in [2.75, 3.05) is 20.1 Å². The van der Waals surface area contributed by atoms with Crippen molar-refractivity contribution >= 4 is 14.8 Å². The highest BCUT2D eigenvalue weighted by Gasteiger charge is 1.97. The summed E-state index contributed by atoms with van der Waals surface area (Å²) in [5, 5.41) is 0. The molecule has 0 aromatic heterocycles. The van der Waals surface area contributed by atoms with Crippen molar-refractivity contribution < 1.29 is 0 Å². The molecule has 11 heavy (non-hydrogen) atoms. The second-order valence-electron chi connectivity index (χ2n) is 1.75. The van der Waals surface area contributed by atoms with E-state index < -0.39 is 0 Å². The number of hydrogen-bond acceptors (Lipinski definition) is 1. The summed E-state index contributed by atoms with van der Waals surface area (Å²) >= 11 is 0. The fourth-order valence-electron chi connectivity index (χ4n) is 0.689. The molecule has 0 aromatic rings. The number of rotatable bonds is 2. The molecule has 2 nitrogen and oxygen atoms in total. The zero-order chi connectivity index (χ0) is 9.28. The van der Waals surface area contributed by atoms with Crippen LogP contribution < -0.4 is 0 Å². The lowest BCUT2D eigenvalue weighted by Crippen LogP contribution is -2.25. The molecule has 0 fully saturated rings. The second kappa shape index (κ2) is 9.90. The standard InChI is InChI=1S/C6H15N2P.C2H6/c1-4-8(5-2)6(9)7-3;1-2/h4-5,9H2,1-3H3;1-2H3. The Morgan fingerprint density at radius 3 is 1.73 bits per heavy atom. The van der Waals surface area contributed by atoms with E-state index in [2.05, 4.69) is 33.0 Å². The van der Waals surface area contributed by atoms with Crippen LogP contribution in [-0.4, -0.2) is 30.6 Å². The minimum absolute atomic E-state index is 1.03. The van der Waals surface area contributed by atoms with Crippen LogP contribution >= 0.6 is 9.24 Å². The van der Waals surface area contributed by atoms with Crippen molar-refractivity contribution in [2.24, 2.45) is 4.99 Å². The van der Waals surface area contributed by atoms with Gasteiger partial charge in [-0.25, -0.2) is 0 Å². The van der Waals surface area contributed by atoms with E-state index in [0.717, 1.165) is 18.7 Å². The van der Waals surface area contributed by atoms with Gasteiger partial charge >= 0.3 is 0 Å². The van der Waals surface area contributed by atoms with Gasteiger partial charge in [0.25, 0.3) is 0 Å². The van der Waals surface area contributed by atoms with Crippen molar-refractivity contribution in [3.05, 3.63) is 0 Å². The summed E-state index contributed by atoms with van der Waals surface area (Å²) < 4.78 is 0. The normalized spacial score (nSPS) is 10.2. The molecular formula is C8H21N2P. The topological polar surface area (TPSA) is 15.6 Å². The molecule has 0 aliphatic heterocycles. The molecule has 0 amide bonds. The number of nitrogens with zero attached hydrogens (tertiary/aromatic N) is 2. The fraction of sp³-hybridized carbons (Fsp3) is 0.875. The van der Waals surface area contributed by atoms with Crippen molar-refractivity contribution in [1.29, 1.82) is 0 Å². The van der Waals surface area contributed by atoms with Gasteiger partial charge in [0, 0.05) is 20.1 Å². The van der Waals surface area contributed by atoms with Crippen LogP contribution in [0.15, 0.2) is 4.99 Å². The summed E-state index contributed by atoms with van der Waals surface area (Å²) in [7, 11) is 4.42. The average molecular weight is 176 g/mol. The Bertz CT molecular complexity index is 98.3. The summed E-state index contributed by atoms with van der Waals surface area (Å²) in [6.45, 7) is 10.3. The smallest absolute Gasteiger partial charge is 0.115 e. The summed E-state index contributed by atoms with van der Waals surface area (Å²) in [5.74, 6) is 0. The third-order valence-corrected chi connectivity index (χ3v) is 1.94. The Labute approximate surface area is 73.3 Å². The highest BCUT2D eigenvalue weighted by Crippen LogP contribution is 1.97. The summed E-state index contributed by atoms with van der Waals surface area (Å²) in [6.07, 6.45) is 0. The van der Waals surface area contributed by atoms with E-state index in [1.54, 1.807) is 7.05 Å². The third-order valence-electron chi connectivity index (χ3n) is 1.32. The lowest BCUT2D eigenvalue weighted by Gasteiger charge is -2.18. The highest BCUT2D eigenvalue weighted by atomic mass is 31.0. The molecule has 1 unspecified atom stereocenters. The van der Waals surface area contributed by atoms with Crippen LogP contribution in [0, 0.1) is 0 Å². The molecule has 0 heterocycles. The van der Waals surface area contributed by atoms with Gasteiger partial charge < -0.3 is 4.90 Å². The van der Waals surface area contributed by atoms with Crippen LogP contribution in [0.25, 0.3) is 0 Å². The Morgan fingerprint density at radius 1 is 1.27 bits per heavy atom. The Hall–Kier alpha value is -0.100. The van der Waals surface area contributed by atoms with E-state index >= 15 is 0 Å². The van der Waals surface area contributed by atoms with Crippen molar-refractivity contribution in [1.82, 2.24) is 4.90 Å². The van der Waals surface area contributed by atoms with Crippen molar-refractivity contribution in [2.45, 2.75) is 27.7 Å². The molecule has 0 saturated heterocycles. The molecule has 1 atom stereocenters. The quantitative estimate of drug-likeness (QED) is 0.358. The van der Waals surface area contributed by atoms with Gasteiger partial charge in [-0.05, 0) is 13.8 Å². The molecular weight excluding hydrogens is 155 g/mol. The van der Waals surface area contributed by atoms with Crippen molar-refractivity contribution in [3.8, 4) is 0 Å². The summed E-state index contributed by atoms with van der Waals surface area (Å²) in [6, 6.07) is 0. The molecule has 0 aromatic carbocycles. The molecule has 68 valence electrons. The highest BCUT2D eigenvalue weighted by molar-refractivity contribution is 7.40. The molecule has 0 N–H and O–H groups in total. The van der Waals surface area contributed by atoms with E-state index in [0.29, 0.717) is 0 Å². The molecule has 0 bridgehead atoms. The van der Waals surface area contributed by atoms with Crippen LogP contribution in [0.4, 0.5) is 0 Å². The summed E-state index contributed by atoms with van der Waals surface area (Å²) in [4.78, 5) is 6.22. The first-order chi connectivity index (χ1) is 5.26. The fourth-order valence-corrected chi connectivity index (χ4v) is 1.05. The minimum Gasteiger partial charge on any atom is -0.358 e. The van der Waals surface area contributed by atoms with E-state index in [-0.39, 0.29) is 0 Å². The Morgan fingerprint density at radius 2 is 1.64 bits per heavy atom. The lowest BCUT2D eigenvalue weighted by atomic mass is 10.6. The molecule has 0 saturated carbocycles. The van der Waals surface area contributed by atoms with Gasteiger partial charge in [0.05, 0.1) is 0 Å². The van der Waals surface area contributed by atoms with Crippen LogP contribution in [0.5, 0.6) is 0 Å². The van der Waals surface area contributed by atoms with Gasteiger partial charge in [0.15, 0.2) is 0 Å². The lowest BCUT2D eigenvalue weighted by molar-refractivity contribution is 0.474. The molecule has 0 spiro atoms. The van der Waals surface area contributed by atoms with Gasteiger partial charge in [-0.15, -0.1) is 0 Å². The van der Waals surface area contributed by atoms with Gasteiger partial charge in [-0.1, -0.05) is 23.1 Å². The maximum absolute atomic E-state index is 4.04. The minimum atomic E-state index is 1.03. The molecule has 0 aliphatic rings. The number of aliphatic imine (C=N–C) groups is 1. The zero-order valence-corrected chi connectivity index (χ0v) is 9.54. The Kier molecular flexibility index (Phi) is 12.1. The Balaban J connectivity index is 0. The first kappa shape index (κ1) is 13.5. The predicted molar refractivity (Wildman–Crippen MR) is 57.3 cm³/mol. The maximum Gasteiger partial charge on any atom is 0.115 e. The van der Waals surface area contributed by atoms with Gasteiger partial charge in [0.2, 0.25) is 0 Å². The molecule has 3 heteroatoms. The molecule has 0 rings (SSSR count). The predicted octanol–water partition coefficient (Wildman–Crippen LogP) is 2.22. The monoisotopic (exact) mass is 176 g/mol. The first-order valence-corrected chi connectivity index (χ1v) is 4.81. The van der Waals surface area contributed by atoms with E-state index in [9.17, 15) is 0 Å². The van der Waals surface area contributed by atoms with Crippen molar-refractivity contribution in [3.63, 3.8) is 0 Å². The van der Waals surface area contributed by atoms with Crippen LogP contribution in [0.1, 0.15) is 27.7 Å². The zero-order valence-electron chi connectivity index (χ0n) is 8.39. The SMILES string of the molecule is CC.CCN(CC)C(P)=NC. The third kappa shape index (κ3) is 6.30.